The standard InChI is InChI=1S/C21H25NO6/c1-3-14-6-20(24)28-18-7-16(4-5-17(14)18)27-10-19(23)22-8-15-9-26-13-21(15,11-22)12-25-2/h4-7,15H,3,8-13H2,1-2H3/t15-,21-/m0/s1. The number of hydrogen-bond acceptors (Lipinski definition) is 6. The highest BCUT2D eigenvalue weighted by molar-refractivity contribution is 5.82. The summed E-state index contributed by atoms with van der Waals surface area (Å²) in [7, 11) is 1.68. The number of likely N-dealkylation sites (tertiary alicyclic amines) is 1. The normalized spacial score (nSPS) is 23.9. The summed E-state index contributed by atoms with van der Waals surface area (Å²) in [6.45, 7) is 5.10. The lowest BCUT2D eigenvalue weighted by Crippen LogP contribution is -2.38. The van der Waals surface area contributed by atoms with Crippen LogP contribution in [0.2, 0.25) is 0 Å². The number of fused-ring (bicyclic) bond motifs is 2. The summed E-state index contributed by atoms with van der Waals surface area (Å²) >= 11 is 0. The van der Waals surface area contributed by atoms with Crippen molar-refractivity contribution in [3.63, 3.8) is 0 Å². The van der Waals surface area contributed by atoms with Crippen molar-refractivity contribution in [3.8, 4) is 5.75 Å². The molecule has 3 heterocycles. The molecular formula is C21H25NO6. The highest BCUT2D eigenvalue weighted by atomic mass is 16.5. The highest BCUT2D eigenvalue weighted by Gasteiger charge is 2.51. The Balaban J connectivity index is 1.43. The van der Waals surface area contributed by atoms with E-state index in [-0.39, 0.29) is 23.6 Å². The number of rotatable bonds is 6. The maximum Gasteiger partial charge on any atom is 0.336 e. The van der Waals surface area contributed by atoms with Crippen molar-refractivity contribution in [1.29, 1.82) is 0 Å². The minimum atomic E-state index is -0.383. The molecule has 2 atom stereocenters. The fourth-order valence-corrected chi connectivity index (χ4v) is 4.34. The van der Waals surface area contributed by atoms with Crippen LogP contribution in [0.5, 0.6) is 5.75 Å². The number of hydrogen-bond donors (Lipinski definition) is 0. The smallest absolute Gasteiger partial charge is 0.336 e. The second-order valence-corrected chi connectivity index (χ2v) is 7.67. The molecule has 0 aliphatic carbocycles. The molecule has 2 aliphatic rings. The van der Waals surface area contributed by atoms with Gasteiger partial charge in [-0.15, -0.1) is 0 Å². The monoisotopic (exact) mass is 387 g/mol. The number of amides is 1. The molecule has 0 radical (unpaired) electrons. The predicted molar refractivity (Wildman–Crippen MR) is 103 cm³/mol. The van der Waals surface area contributed by atoms with Crippen LogP contribution in [0.15, 0.2) is 33.5 Å². The predicted octanol–water partition coefficient (Wildman–Crippen LogP) is 1.86. The number of nitrogens with zero attached hydrogens (tertiary/aromatic N) is 1. The lowest BCUT2D eigenvalue weighted by molar-refractivity contribution is -0.133. The third kappa shape index (κ3) is 3.40. The maximum absolute atomic E-state index is 12.7. The van der Waals surface area contributed by atoms with Gasteiger partial charge in [-0.25, -0.2) is 4.79 Å². The number of methoxy groups -OCH3 is 1. The van der Waals surface area contributed by atoms with Crippen molar-refractivity contribution in [2.24, 2.45) is 11.3 Å². The van der Waals surface area contributed by atoms with E-state index < -0.39 is 0 Å². The summed E-state index contributed by atoms with van der Waals surface area (Å²) in [5.41, 5.74) is 0.920. The van der Waals surface area contributed by atoms with Gasteiger partial charge in [0.2, 0.25) is 0 Å². The summed E-state index contributed by atoms with van der Waals surface area (Å²) in [6, 6.07) is 6.84. The molecule has 2 aliphatic heterocycles. The van der Waals surface area contributed by atoms with Gasteiger partial charge in [0.25, 0.3) is 5.91 Å². The Bertz CT molecular complexity index is 938. The zero-order valence-electron chi connectivity index (χ0n) is 16.2. The van der Waals surface area contributed by atoms with Crippen molar-refractivity contribution in [1.82, 2.24) is 4.90 Å². The third-order valence-electron chi connectivity index (χ3n) is 5.85. The van der Waals surface area contributed by atoms with Crippen LogP contribution in [0.4, 0.5) is 0 Å². The molecule has 0 N–H and O–H groups in total. The van der Waals surface area contributed by atoms with E-state index in [1.165, 1.54) is 6.07 Å². The Morgan fingerprint density at radius 2 is 2.21 bits per heavy atom. The quantitative estimate of drug-likeness (QED) is 0.704. The SMILES string of the molecule is CCc1cc(=O)oc2cc(OCC(=O)N3C[C@H]4COC[C@@]4(COC)C3)ccc12. The zero-order valence-corrected chi connectivity index (χ0v) is 16.2. The van der Waals surface area contributed by atoms with Crippen LogP contribution < -0.4 is 10.4 Å². The highest BCUT2D eigenvalue weighted by Crippen LogP contribution is 2.41. The Hall–Kier alpha value is -2.38. The molecule has 7 heteroatoms. The summed E-state index contributed by atoms with van der Waals surface area (Å²) in [4.78, 5) is 26.2. The van der Waals surface area contributed by atoms with E-state index >= 15 is 0 Å². The van der Waals surface area contributed by atoms with Gasteiger partial charge in [-0.3, -0.25) is 4.79 Å². The Kier molecular flexibility index (Phi) is 5.12. The molecular weight excluding hydrogens is 362 g/mol. The van der Waals surface area contributed by atoms with E-state index in [2.05, 4.69) is 0 Å². The first-order chi connectivity index (χ1) is 13.5. The first-order valence-electron chi connectivity index (χ1n) is 9.59. The number of carbonyl (C=O) groups is 1. The topological polar surface area (TPSA) is 78.2 Å². The molecule has 0 saturated carbocycles. The molecule has 150 valence electrons. The van der Waals surface area contributed by atoms with Gasteiger partial charge in [-0.1, -0.05) is 6.92 Å². The summed E-state index contributed by atoms with van der Waals surface area (Å²) in [5, 5.41) is 0.884. The van der Waals surface area contributed by atoms with Gasteiger partial charge < -0.3 is 23.5 Å². The lowest BCUT2D eigenvalue weighted by atomic mass is 9.82. The zero-order chi connectivity index (χ0) is 19.7. The molecule has 1 aromatic carbocycles. The van der Waals surface area contributed by atoms with Gasteiger partial charge in [0, 0.05) is 49.1 Å². The van der Waals surface area contributed by atoms with Crippen molar-refractivity contribution in [3.05, 3.63) is 40.2 Å². The van der Waals surface area contributed by atoms with E-state index in [4.69, 9.17) is 18.6 Å². The molecule has 1 aromatic heterocycles. The van der Waals surface area contributed by atoms with Crippen molar-refractivity contribution < 1.29 is 23.4 Å². The van der Waals surface area contributed by atoms with Crippen LogP contribution in [-0.2, 0) is 20.7 Å². The van der Waals surface area contributed by atoms with E-state index in [1.54, 1.807) is 19.2 Å². The van der Waals surface area contributed by atoms with Gasteiger partial charge >= 0.3 is 5.63 Å². The number of carbonyl (C=O) groups excluding carboxylic acids is 1. The van der Waals surface area contributed by atoms with Crippen LogP contribution in [0, 0.1) is 11.3 Å². The van der Waals surface area contributed by atoms with Crippen LogP contribution in [-0.4, -0.2) is 57.4 Å². The Labute approximate surface area is 163 Å². The molecule has 4 rings (SSSR count). The minimum absolute atomic E-state index is 0.0557. The molecule has 0 bridgehead atoms. The van der Waals surface area contributed by atoms with Gasteiger partial charge in [0.15, 0.2) is 6.61 Å². The van der Waals surface area contributed by atoms with Crippen LogP contribution in [0.1, 0.15) is 12.5 Å². The average Bonchev–Trinajstić information content (AvgIpc) is 3.22. The second kappa shape index (κ2) is 7.56. The van der Waals surface area contributed by atoms with E-state index in [1.807, 2.05) is 17.9 Å². The van der Waals surface area contributed by atoms with Crippen LogP contribution >= 0.6 is 0 Å². The number of ether oxygens (including phenoxy) is 3. The van der Waals surface area contributed by atoms with E-state index in [9.17, 15) is 9.59 Å². The fourth-order valence-electron chi connectivity index (χ4n) is 4.34. The first-order valence-corrected chi connectivity index (χ1v) is 9.59. The maximum atomic E-state index is 12.7. The summed E-state index contributed by atoms with van der Waals surface area (Å²) in [6.07, 6.45) is 0.740. The van der Waals surface area contributed by atoms with Crippen molar-refractivity contribution in [2.75, 3.05) is 46.6 Å². The van der Waals surface area contributed by atoms with Crippen molar-refractivity contribution in [2.45, 2.75) is 13.3 Å². The van der Waals surface area contributed by atoms with Gasteiger partial charge in [-0.2, -0.15) is 0 Å². The Morgan fingerprint density at radius 3 is 3.00 bits per heavy atom. The molecule has 2 fully saturated rings. The molecule has 2 aromatic rings. The largest absolute Gasteiger partial charge is 0.484 e. The van der Waals surface area contributed by atoms with Gasteiger partial charge in [0.05, 0.1) is 19.8 Å². The molecule has 1 amide bonds. The van der Waals surface area contributed by atoms with E-state index in [0.717, 1.165) is 17.4 Å². The molecule has 2 saturated heterocycles. The second-order valence-electron chi connectivity index (χ2n) is 7.67. The molecule has 0 unspecified atom stereocenters. The third-order valence-corrected chi connectivity index (χ3v) is 5.85. The average molecular weight is 387 g/mol. The fraction of sp³-hybridized carbons (Fsp3) is 0.524. The minimum Gasteiger partial charge on any atom is -0.484 e. The molecule has 7 nitrogen and oxygen atoms in total. The molecule has 0 spiro atoms. The Morgan fingerprint density at radius 1 is 1.36 bits per heavy atom. The number of aryl methyl sites for hydroxylation is 1. The summed E-state index contributed by atoms with van der Waals surface area (Å²) in [5.74, 6) is 0.749. The first kappa shape index (κ1) is 19.0. The number of benzene rings is 1. The van der Waals surface area contributed by atoms with Crippen molar-refractivity contribution >= 4 is 16.9 Å². The molecule has 28 heavy (non-hydrogen) atoms. The van der Waals surface area contributed by atoms with Crippen LogP contribution in [0.25, 0.3) is 11.0 Å². The van der Waals surface area contributed by atoms with Gasteiger partial charge in [0.1, 0.15) is 11.3 Å². The lowest BCUT2D eigenvalue weighted by Gasteiger charge is -2.25. The van der Waals surface area contributed by atoms with Crippen LogP contribution in [0.3, 0.4) is 0 Å². The van der Waals surface area contributed by atoms with Gasteiger partial charge in [-0.05, 0) is 24.1 Å². The van der Waals surface area contributed by atoms with E-state index in [0.29, 0.717) is 50.2 Å². The summed E-state index contributed by atoms with van der Waals surface area (Å²) < 4.78 is 22.0.